The van der Waals surface area contributed by atoms with Crippen LogP contribution in [0.5, 0.6) is 0 Å². The third-order valence-corrected chi connectivity index (χ3v) is 3.50. The Morgan fingerprint density at radius 3 is 2.56 bits per heavy atom. The summed E-state index contributed by atoms with van der Waals surface area (Å²) in [4.78, 5) is 11.6. The fraction of sp³-hybridized carbons (Fsp3) is 0.267. The lowest BCUT2D eigenvalue weighted by atomic mass is 9.77. The molecule has 0 aromatic heterocycles. The maximum atomic E-state index is 11.6. The SMILES string of the molecule is CC(CCN)(C(=O)O)c1cccc2ccccc12. The Hall–Kier alpha value is -1.87. The van der Waals surface area contributed by atoms with E-state index in [1.165, 1.54) is 0 Å². The lowest BCUT2D eigenvalue weighted by Crippen LogP contribution is -2.35. The lowest BCUT2D eigenvalue weighted by Gasteiger charge is -2.26. The van der Waals surface area contributed by atoms with E-state index in [2.05, 4.69) is 0 Å². The molecule has 0 saturated carbocycles. The lowest BCUT2D eigenvalue weighted by molar-refractivity contribution is -0.143. The molecule has 94 valence electrons. The number of carboxylic acid groups (broad SMARTS) is 1. The minimum absolute atomic E-state index is 0.353. The van der Waals surface area contributed by atoms with Crippen LogP contribution in [0.25, 0.3) is 10.8 Å². The number of hydrogen-bond acceptors (Lipinski definition) is 2. The van der Waals surface area contributed by atoms with Crippen molar-refractivity contribution in [3.05, 3.63) is 48.0 Å². The number of benzene rings is 2. The molecule has 0 bridgehead atoms. The number of aliphatic carboxylic acids is 1. The zero-order valence-electron chi connectivity index (χ0n) is 10.4. The summed E-state index contributed by atoms with van der Waals surface area (Å²) < 4.78 is 0. The highest BCUT2D eigenvalue weighted by Crippen LogP contribution is 2.33. The minimum atomic E-state index is -0.935. The van der Waals surface area contributed by atoms with Crippen molar-refractivity contribution in [3.63, 3.8) is 0 Å². The number of hydrogen-bond donors (Lipinski definition) is 2. The first kappa shape index (κ1) is 12.6. The van der Waals surface area contributed by atoms with Crippen LogP contribution < -0.4 is 5.73 Å². The van der Waals surface area contributed by atoms with Gasteiger partial charge in [0.25, 0.3) is 0 Å². The fourth-order valence-electron chi connectivity index (χ4n) is 2.35. The van der Waals surface area contributed by atoms with Gasteiger partial charge in [0.2, 0.25) is 0 Å². The fourth-order valence-corrected chi connectivity index (χ4v) is 2.35. The third-order valence-electron chi connectivity index (χ3n) is 3.50. The van der Waals surface area contributed by atoms with Gasteiger partial charge >= 0.3 is 5.97 Å². The predicted octanol–water partition coefficient (Wildman–Crippen LogP) is 2.53. The van der Waals surface area contributed by atoms with Crippen molar-refractivity contribution in [2.45, 2.75) is 18.8 Å². The molecular weight excluding hydrogens is 226 g/mol. The molecule has 0 aliphatic heterocycles. The molecule has 0 amide bonds. The maximum Gasteiger partial charge on any atom is 0.313 e. The van der Waals surface area contributed by atoms with Crippen LogP contribution in [0.2, 0.25) is 0 Å². The number of carboxylic acids is 1. The van der Waals surface area contributed by atoms with E-state index in [4.69, 9.17) is 5.73 Å². The highest BCUT2D eigenvalue weighted by Gasteiger charge is 2.35. The summed E-state index contributed by atoms with van der Waals surface area (Å²) in [6.07, 6.45) is 0.427. The van der Waals surface area contributed by atoms with Crippen LogP contribution in [-0.2, 0) is 10.2 Å². The number of rotatable bonds is 4. The minimum Gasteiger partial charge on any atom is -0.481 e. The topological polar surface area (TPSA) is 63.3 Å². The largest absolute Gasteiger partial charge is 0.481 e. The highest BCUT2D eigenvalue weighted by molar-refractivity contribution is 5.92. The van der Waals surface area contributed by atoms with Crippen molar-refractivity contribution in [2.75, 3.05) is 6.54 Å². The molecule has 0 saturated heterocycles. The van der Waals surface area contributed by atoms with Crippen molar-refractivity contribution in [2.24, 2.45) is 5.73 Å². The van der Waals surface area contributed by atoms with Gasteiger partial charge < -0.3 is 10.8 Å². The second-order valence-electron chi connectivity index (χ2n) is 4.70. The van der Waals surface area contributed by atoms with Crippen molar-refractivity contribution < 1.29 is 9.90 Å². The Bertz CT molecular complexity index is 574. The molecule has 1 atom stereocenters. The van der Waals surface area contributed by atoms with Gasteiger partial charge in [-0.3, -0.25) is 4.79 Å². The normalized spacial score (nSPS) is 14.3. The molecule has 0 fully saturated rings. The van der Waals surface area contributed by atoms with E-state index >= 15 is 0 Å². The predicted molar refractivity (Wildman–Crippen MR) is 72.6 cm³/mol. The van der Waals surface area contributed by atoms with Crippen molar-refractivity contribution in [3.8, 4) is 0 Å². The Morgan fingerprint density at radius 2 is 1.89 bits per heavy atom. The summed E-state index contributed by atoms with van der Waals surface area (Å²) in [5.41, 5.74) is 5.47. The van der Waals surface area contributed by atoms with E-state index in [0.717, 1.165) is 16.3 Å². The van der Waals surface area contributed by atoms with Crippen molar-refractivity contribution >= 4 is 16.7 Å². The molecular formula is C15H17NO2. The molecule has 2 aromatic carbocycles. The Balaban J connectivity index is 2.68. The summed E-state index contributed by atoms with van der Waals surface area (Å²) in [5, 5.41) is 11.6. The van der Waals surface area contributed by atoms with Crippen LogP contribution in [-0.4, -0.2) is 17.6 Å². The molecule has 0 radical (unpaired) electrons. The Labute approximate surface area is 106 Å². The van der Waals surface area contributed by atoms with Gasteiger partial charge in [-0.1, -0.05) is 42.5 Å². The van der Waals surface area contributed by atoms with Gasteiger partial charge in [0.1, 0.15) is 0 Å². The number of carbonyl (C=O) groups is 1. The average Bonchev–Trinajstić information content (AvgIpc) is 2.38. The third kappa shape index (κ3) is 1.97. The summed E-state index contributed by atoms with van der Waals surface area (Å²) in [7, 11) is 0. The maximum absolute atomic E-state index is 11.6. The first-order chi connectivity index (χ1) is 8.59. The van der Waals surface area contributed by atoms with Gasteiger partial charge in [-0.2, -0.15) is 0 Å². The molecule has 18 heavy (non-hydrogen) atoms. The first-order valence-electron chi connectivity index (χ1n) is 6.01. The monoisotopic (exact) mass is 243 g/mol. The number of fused-ring (bicyclic) bond motifs is 1. The van der Waals surface area contributed by atoms with Crippen LogP contribution in [0.15, 0.2) is 42.5 Å². The first-order valence-corrected chi connectivity index (χ1v) is 6.01. The molecule has 0 spiro atoms. The van der Waals surface area contributed by atoms with Crippen LogP contribution >= 0.6 is 0 Å². The Morgan fingerprint density at radius 1 is 1.22 bits per heavy atom. The number of nitrogens with two attached hydrogens (primary N) is 1. The summed E-state index contributed by atoms with van der Waals surface area (Å²) >= 11 is 0. The molecule has 3 heteroatoms. The molecule has 0 aliphatic rings. The smallest absolute Gasteiger partial charge is 0.313 e. The molecule has 2 rings (SSSR count). The van der Waals surface area contributed by atoms with E-state index in [-0.39, 0.29) is 0 Å². The second-order valence-corrected chi connectivity index (χ2v) is 4.70. The van der Waals surface area contributed by atoms with Crippen molar-refractivity contribution in [1.82, 2.24) is 0 Å². The van der Waals surface area contributed by atoms with Gasteiger partial charge in [-0.15, -0.1) is 0 Å². The highest BCUT2D eigenvalue weighted by atomic mass is 16.4. The van der Waals surface area contributed by atoms with Gasteiger partial charge in [0, 0.05) is 0 Å². The summed E-state index contributed by atoms with van der Waals surface area (Å²) in [6, 6.07) is 13.6. The quantitative estimate of drug-likeness (QED) is 0.867. The molecule has 3 nitrogen and oxygen atoms in total. The van der Waals surface area contributed by atoms with E-state index in [1.807, 2.05) is 42.5 Å². The van der Waals surface area contributed by atoms with Crippen molar-refractivity contribution in [1.29, 1.82) is 0 Å². The standard InChI is InChI=1S/C15H17NO2/c1-15(9-10-16,14(17)18)13-8-4-6-11-5-2-3-7-12(11)13/h2-8H,9-10,16H2,1H3,(H,17,18). The molecule has 1 unspecified atom stereocenters. The van der Waals surface area contributed by atoms with E-state index in [0.29, 0.717) is 13.0 Å². The van der Waals surface area contributed by atoms with E-state index in [9.17, 15) is 9.90 Å². The van der Waals surface area contributed by atoms with E-state index in [1.54, 1.807) is 6.92 Å². The zero-order valence-corrected chi connectivity index (χ0v) is 10.4. The van der Waals surface area contributed by atoms with E-state index < -0.39 is 11.4 Å². The van der Waals surface area contributed by atoms with Gasteiger partial charge in [0.15, 0.2) is 0 Å². The van der Waals surface area contributed by atoms with Crippen LogP contribution in [0, 0.1) is 0 Å². The van der Waals surface area contributed by atoms with Crippen LogP contribution in [0.1, 0.15) is 18.9 Å². The molecule has 0 heterocycles. The molecule has 0 aliphatic carbocycles. The summed E-state index contributed by atoms with van der Waals surface area (Å²) in [5.74, 6) is -0.829. The Kier molecular flexibility index (Phi) is 3.34. The summed E-state index contributed by atoms with van der Waals surface area (Å²) in [6.45, 7) is 2.09. The van der Waals surface area contributed by atoms with Gasteiger partial charge in [0.05, 0.1) is 5.41 Å². The van der Waals surface area contributed by atoms with Crippen LogP contribution in [0.3, 0.4) is 0 Å². The molecule has 3 N–H and O–H groups in total. The van der Waals surface area contributed by atoms with Crippen LogP contribution in [0.4, 0.5) is 0 Å². The average molecular weight is 243 g/mol. The van der Waals surface area contributed by atoms with Gasteiger partial charge in [-0.25, -0.2) is 0 Å². The zero-order chi connectivity index (χ0) is 13.2. The van der Waals surface area contributed by atoms with Gasteiger partial charge in [-0.05, 0) is 36.2 Å². The second kappa shape index (κ2) is 4.78. The molecule has 2 aromatic rings.